The van der Waals surface area contributed by atoms with Crippen molar-refractivity contribution in [3.05, 3.63) is 71.8 Å². The van der Waals surface area contributed by atoms with E-state index in [0.717, 1.165) is 16.8 Å². The number of hydrogen-bond donors (Lipinski definition) is 1. The van der Waals surface area contributed by atoms with E-state index in [1.54, 1.807) is 6.92 Å². The van der Waals surface area contributed by atoms with E-state index in [-0.39, 0.29) is 0 Å². The average Bonchev–Trinajstić information content (AvgIpc) is 2.46. The molecule has 0 bridgehead atoms. The van der Waals surface area contributed by atoms with Crippen LogP contribution in [0.1, 0.15) is 18.1 Å². The summed E-state index contributed by atoms with van der Waals surface area (Å²) < 4.78 is 0. The molecule has 2 aromatic rings. The maximum absolute atomic E-state index is 10.5. The van der Waals surface area contributed by atoms with Gasteiger partial charge in [-0.25, -0.2) is 0 Å². The monoisotopic (exact) mass is 267 g/mol. The first-order valence-electron chi connectivity index (χ1n) is 6.73. The second-order valence-electron chi connectivity index (χ2n) is 5.33. The van der Waals surface area contributed by atoms with Crippen molar-refractivity contribution in [1.82, 2.24) is 0 Å². The van der Waals surface area contributed by atoms with Crippen LogP contribution in [0, 0.1) is 0 Å². The molecule has 0 aliphatic heterocycles. The van der Waals surface area contributed by atoms with Gasteiger partial charge in [0.1, 0.15) is 5.60 Å². The van der Waals surface area contributed by atoms with Gasteiger partial charge in [-0.15, -0.1) is 0 Å². The van der Waals surface area contributed by atoms with Crippen LogP contribution < -0.4 is 4.90 Å². The van der Waals surface area contributed by atoms with Crippen molar-refractivity contribution in [2.75, 3.05) is 19.0 Å². The lowest BCUT2D eigenvalue weighted by Gasteiger charge is -2.19. The molecule has 1 atom stereocenters. The van der Waals surface area contributed by atoms with E-state index in [0.29, 0.717) is 0 Å². The molecular weight excluding hydrogens is 246 g/mol. The Kier molecular flexibility index (Phi) is 4.26. The first-order chi connectivity index (χ1) is 9.49. The zero-order chi connectivity index (χ0) is 14.6. The summed E-state index contributed by atoms with van der Waals surface area (Å²) in [5, 5.41) is 10.5. The highest BCUT2D eigenvalue weighted by atomic mass is 16.3. The van der Waals surface area contributed by atoms with E-state index in [2.05, 4.69) is 17.0 Å². The smallest absolute Gasteiger partial charge is 0.105 e. The van der Waals surface area contributed by atoms with Crippen molar-refractivity contribution in [2.24, 2.45) is 0 Å². The highest BCUT2D eigenvalue weighted by molar-refractivity contribution is 5.56. The Labute approximate surface area is 121 Å². The molecule has 2 nitrogen and oxygen atoms in total. The lowest BCUT2D eigenvalue weighted by atomic mass is 9.95. The Morgan fingerprint density at radius 3 is 2.10 bits per heavy atom. The fraction of sp³-hybridized carbons (Fsp3) is 0.222. The maximum Gasteiger partial charge on any atom is 0.105 e. The summed E-state index contributed by atoms with van der Waals surface area (Å²) >= 11 is 0. The standard InChI is InChI=1S/C18H21NO/c1-18(20,16-7-5-4-6-8-16)14-13-15-9-11-17(12-10-15)19(2)3/h4-14,20H,1-3H3/t18-/m0/s1. The number of rotatable bonds is 4. The third kappa shape index (κ3) is 3.49. The van der Waals surface area contributed by atoms with Crippen molar-refractivity contribution < 1.29 is 5.11 Å². The summed E-state index contributed by atoms with van der Waals surface area (Å²) in [6, 6.07) is 17.9. The lowest BCUT2D eigenvalue weighted by Crippen LogP contribution is -2.17. The molecule has 2 heteroatoms. The van der Waals surface area contributed by atoms with Gasteiger partial charge in [-0.3, -0.25) is 0 Å². The minimum Gasteiger partial charge on any atom is -0.381 e. The third-order valence-corrected chi connectivity index (χ3v) is 3.37. The predicted molar refractivity (Wildman–Crippen MR) is 85.8 cm³/mol. The van der Waals surface area contributed by atoms with Gasteiger partial charge in [0, 0.05) is 19.8 Å². The van der Waals surface area contributed by atoms with E-state index in [4.69, 9.17) is 0 Å². The van der Waals surface area contributed by atoms with Crippen molar-refractivity contribution in [3.63, 3.8) is 0 Å². The van der Waals surface area contributed by atoms with Crippen LogP contribution in [-0.2, 0) is 5.60 Å². The SMILES string of the molecule is CN(C)c1ccc(C=C[C@](C)(O)c2ccccc2)cc1. The molecule has 20 heavy (non-hydrogen) atoms. The Hall–Kier alpha value is -2.06. The van der Waals surface area contributed by atoms with E-state index in [9.17, 15) is 5.11 Å². The van der Waals surface area contributed by atoms with E-state index >= 15 is 0 Å². The summed E-state index contributed by atoms with van der Waals surface area (Å²) in [7, 11) is 4.04. The molecule has 0 heterocycles. The second-order valence-corrected chi connectivity index (χ2v) is 5.33. The first-order valence-corrected chi connectivity index (χ1v) is 6.73. The molecule has 1 N–H and O–H groups in total. The quantitative estimate of drug-likeness (QED) is 0.913. The Morgan fingerprint density at radius 2 is 1.55 bits per heavy atom. The van der Waals surface area contributed by atoms with E-state index in [1.165, 1.54) is 0 Å². The van der Waals surface area contributed by atoms with Crippen LogP contribution in [0.4, 0.5) is 5.69 Å². The minimum absolute atomic E-state index is 0.890. The van der Waals surface area contributed by atoms with Crippen LogP contribution in [0.5, 0.6) is 0 Å². The van der Waals surface area contributed by atoms with Crippen LogP contribution in [0.15, 0.2) is 60.7 Å². The number of anilines is 1. The molecule has 104 valence electrons. The molecule has 2 aromatic carbocycles. The van der Waals surface area contributed by atoms with Gasteiger partial charge < -0.3 is 10.0 Å². The molecule has 0 aromatic heterocycles. The predicted octanol–water partition coefficient (Wildman–Crippen LogP) is 3.67. The normalized spacial score (nSPS) is 14.2. The molecule has 0 unspecified atom stereocenters. The van der Waals surface area contributed by atoms with Gasteiger partial charge in [-0.1, -0.05) is 48.5 Å². The zero-order valence-electron chi connectivity index (χ0n) is 12.2. The van der Waals surface area contributed by atoms with Gasteiger partial charge in [0.2, 0.25) is 0 Å². The number of nitrogens with zero attached hydrogens (tertiary/aromatic N) is 1. The number of hydrogen-bond acceptors (Lipinski definition) is 2. The summed E-state index contributed by atoms with van der Waals surface area (Å²) in [6.07, 6.45) is 3.78. The Morgan fingerprint density at radius 1 is 0.950 bits per heavy atom. The Balaban J connectivity index is 2.16. The molecule has 0 saturated heterocycles. The van der Waals surface area contributed by atoms with Crippen LogP contribution in [0.3, 0.4) is 0 Å². The summed E-state index contributed by atoms with van der Waals surface area (Å²) in [5.74, 6) is 0. The highest BCUT2D eigenvalue weighted by Gasteiger charge is 2.18. The molecular formula is C18H21NO. The van der Waals surface area contributed by atoms with E-state index < -0.39 is 5.60 Å². The minimum atomic E-state index is -0.957. The van der Waals surface area contributed by atoms with E-state index in [1.807, 2.05) is 68.7 Å². The summed E-state index contributed by atoms with van der Waals surface area (Å²) in [5.41, 5.74) is 2.17. The molecule has 0 fully saturated rings. The van der Waals surface area contributed by atoms with Crippen molar-refractivity contribution in [1.29, 1.82) is 0 Å². The van der Waals surface area contributed by atoms with Gasteiger partial charge in [0.25, 0.3) is 0 Å². The third-order valence-electron chi connectivity index (χ3n) is 3.37. The first kappa shape index (κ1) is 14.4. The van der Waals surface area contributed by atoms with Crippen LogP contribution in [0.25, 0.3) is 6.08 Å². The van der Waals surface area contributed by atoms with Crippen LogP contribution in [-0.4, -0.2) is 19.2 Å². The molecule has 0 amide bonds. The van der Waals surface area contributed by atoms with Crippen molar-refractivity contribution >= 4 is 11.8 Å². The van der Waals surface area contributed by atoms with Gasteiger partial charge in [-0.2, -0.15) is 0 Å². The fourth-order valence-corrected chi connectivity index (χ4v) is 2.01. The Bertz CT molecular complexity index is 568. The van der Waals surface area contributed by atoms with Crippen LogP contribution in [0.2, 0.25) is 0 Å². The van der Waals surface area contributed by atoms with Crippen molar-refractivity contribution in [3.8, 4) is 0 Å². The number of benzene rings is 2. The summed E-state index contributed by atoms with van der Waals surface area (Å²) in [6.45, 7) is 1.80. The highest BCUT2D eigenvalue weighted by Crippen LogP contribution is 2.23. The topological polar surface area (TPSA) is 23.5 Å². The van der Waals surface area contributed by atoms with Crippen molar-refractivity contribution in [2.45, 2.75) is 12.5 Å². The lowest BCUT2D eigenvalue weighted by molar-refractivity contribution is 0.112. The molecule has 2 rings (SSSR count). The molecule has 0 spiro atoms. The zero-order valence-corrected chi connectivity index (χ0v) is 12.2. The second kappa shape index (κ2) is 5.93. The molecule has 0 saturated carbocycles. The summed E-state index contributed by atoms with van der Waals surface area (Å²) in [4.78, 5) is 2.06. The van der Waals surface area contributed by atoms with Crippen LogP contribution >= 0.6 is 0 Å². The van der Waals surface area contributed by atoms with Gasteiger partial charge >= 0.3 is 0 Å². The van der Waals surface area contributed by atoms with Gasteiger partial charge in [-0.05, 0) is 36.3 Å². The average molecular weight is 267 g/mol. The van der Waals surface area contributed by atoms with Gasteiger partial charge in [0.15, 0.2) is 0 Å². The molecule has 0 aliphatic carbocycles. The fourth-order valence-electron chi connectivity index (χ4n) is 2.01. The molecule has 0 aliphatic rings. The maximum atomic E-state index is 10.5. The molecule has 0 radical (unpaired) electrons. The van der Waals surface area contributed by atoms with Gasteiger partial charge in [0.05, 0.1) is 0 Å². The largest absolute Gasteiger partial charge is 0.381 e. The number of aliphatic hydroxyl groups is 1.